The summed E-state index contributed by atoms with van der Waals surface area (Å²) in [6.45, 7) is 0. The lowest BCUT2D eigenvalue weighted by molar-refractivity contribution is 0.601. The number of aromatic nitrogens is 1. The summed E-state index contributed by atoms with van der Waals surface area (Å²) in [7, 11) is -3.83. The molecule has 0 fully saturated rings. The fourth-order valence-corrected chi connectivity index (χ4v) is 5.11. The van der Waals surface area contributed by atoms with E-state index in [9.17, 15) is 8.42 Å². The molecule has 0 saturated heterocycles. The molecule has 28 heavy (non-hydrogen) atoms. The van der Waals surface area contributed by atoms with Gasteiger partial charge in [-0.15, -0.1) is 11.3 Å². The summed E-state index contributed by atoms with van der Waals surface area (Å²) < 4.78 is 28.7. The van der Waals surface area contributed by atoms with Crippen molar-refractivity contribution in [1.82, 2.24) is 4.98 Å². The Kier molecular flexibility index (Phi) is 4.77. The van der Waals surface area contributed by atoms with Crippen LogP contribution in [0.2, 0.25) is 5.02 Å². The third-order valence-corrected chi connectivity index (χ3v) is 6.78. The zero-order valence-corrected chi connectivity index (χ0v) is 16.6. The van der Waals surface area contributed by atoms with Crippen molar-refractivity contribution < 1.29 is 8.42 Å². The van der Waals surface area contributed by atoms with Crippen LogP contribution in [0, 0.1) is 11.3 Å². The van der Waals surface area contributed by atoms with E-state index in [0.717, 1.165) is 20.8 Å². The molecule has 1 aromatic heterocycles. The van der Waals surface area contributed by atoms with Crippen LogP contribution in [-0.4, -0.2) is 13.4 Å². The van der Waals surface area contributed by atoms with Crippen molar-refractivity contribution in [3.63, 3.8) is 0 Å². The molecular formula is C20H12ClN3O2S2. The van der Waals surface area contributed by atoms with Crippen LogP contribution in [0.15, 0.2) is 71.6 Å². The van der Waals surface area contributed by atoms with E-state index >= 15 is 0 Å². The van der Waals surface area contributed by atoms with Crippen LogP contribution in [0.4, 0.5) is 5.69 Å². The first-order valence-corrected chi connectivity index (χ1v) is 10.8. The first-order valence-electron chi connectivity index (χ1n) is 8.15. The summed E-state index contributed by atoms with van der Waals surface area (Å²) in [4.78, 5) is 4.59. The molecule has 0 aliphatic carbocycles. The number of hydrogen-bond donors (Lipinski definition) is 1. The summed E-state index contributed by atoms with van der Waals surface area (Å²) in [5.74, 6) is 0. The number of sulfonamides is 1. The van der Waals surface area contributed by atoms with E-state index in [0.29, 0.717) is 10.7 Å². The predicted molar refractivity (Wildman–Crippen MR) is 112 cm³/mol. The molecule has 4 rings (SSSR count). The van der Waals surface area contributed by atoms with Gasteiger partial charge in [0.2, 0.25) is 0 Å². The first kappa shape index (κ1) is 18.4. The van der Waals surface area contributed by atoms with Gasteiger partial charge in [-0.05, 0) is 48.5 Å². The molecule has 0 radical (unpaired) electrons. The van der Waals surface area contributed by atoms with Crippen molar-refractivity contribution in [2.24, 2.45) is 0 Å². The molecule has 4 aromatic rings. The smallest absolute Gasteiger partial charge is 0.261 e. The SMILES string of the molecule is N#Cc1cccc(S(=O)(=O)Nc2ccc(-c3nc4ccccc4s3)c(Cl)c2)c1. The Morgan fingerprint density at radius 3 is 2.61 bits per heavy atom. The van der Waals surface area contributed by atoms with Crippen molar-refractivity contribution in [2.45, 2.75) is 4.90 Å². The molecule has 0 unspecified atom stereocenters. The highest BCUT2D eigenvalue weighted by molar-refractivity contribution is 7.92. The van der Waals surface area contributed by atoms with Gasteiger partial charge in [0.15, 0.2) is 0 Å². The van der Waals surface area contributed by atoms with Crippen LogP contribution in [0.25, 0.3) is 20.8 Å². The third kappa shape index (κ3) is 3.58. The van der Waals surface area contributed by atoms with Crippen molar-refractivity contribution in [3.8, 4) is 16.6 Å². The highest BCUT2D eigenvalue weighted by Crippen LogP contribution is 2.35. The normalized spacial score (nSPS) is 11.3. The second-order valence-corrected chi connectivity index (χ2v) is 9.05. The Bertz CT molecular complexity index is 1310. The fraction of sp³-hybridized carbons (Fsp3) is 0. The lowest BCUT2D eigenvalue weighted by atomic mass is 10.2. The number of hydrogen-bond acceptors (Lipinski definition) is 5. The molecule has 0 amide bonds. The number of benzene rings is 3. The van der Waals surface area contributed by atoms with E-state index in [4.69, 9.17) is 16.9 Å². The molecule has 0 aliphatic heterocycles. The minimum atomic E-state index is -3.83. The molecule has 0 spiro atoms. The Morgan fingerprint density at radius 2 is 1.86 bits per heavy atom. The highest BCUT2D eigenvalue weighted by atomic mass is 35.5. The number of halogens is 1. The summed E-state index contributed by atoms with van der Waals surface area (Å²) in [6, 6.07) is 20.5. The van der Waals surface area contributed by atoms with E-state index < -0.39 is 10.0 Å². The number of nitrogens with one attached hydrogen (secondary N) is 1. The molecule has 0 aliphatic rings. The number of para-hydroxylation sites is 1. The van der Waals surface area contributed by atoms with Gasteiger partial charge in [-0.1, -0.05) is 29.8 Å². The van der Waals surface area contributed by atoms with Crippen LogP contribution in [-0.2, 0) is 10.0 Å². The van der Waals surface area contributed by atoms with E-state index in [1.54, 1.807) is 24.3 Å². The predicted octanol–water partition coefficient (Wildman–Crippen LogP) is 5.29. The lowest BCUT2D eigenvalue weighted by Crippen LogP contribution is -2.13. The maximum Gasteiger partial charge on any atom is 0.261 e. The Labute approximate surface area is 170 Å². The van der Waals surface area contributed by atoms with Gasteiger partial charge in [0, 0.05) is 5.56 Å². The fourth-order valence-electron chi connectivity index (χ4n) is 2.69. The van der Waals surface area contributed by atoms with Gasteiger partial charge in [-0.25, -0.2) is 13.4 Å². The standard InChI is InChI=1S/C20H12ClN3O2S2/c21-17-11-14(24-28(25,26)15-5-3-4-13(10-15)12-22)8-9-16(17)20-23-18-6-1-2-7-19(18)27-20/h1-11,24H. The van der Waals surface area contributed by atoms with E-state index in [1.165, 1.54) is 29.5 Å². The molecule has 3 aromatic carbocycles. The van der Waals surface area contributed by atoms with Gasteiger partial charge in [-0.2, -0.15) is 5.26 Å². The van der Waals surface area contributed by atoms with Gasteiger partial charge in [0.1, 0.15) is 5.01 Å². The van der Waals surface area contributed by atoms with Crippen LogP contribution in [0.5, 0.6) is 0 Å². The molecule has 138 valence electrons. The van der Waals surface area contributed by atoms with Crippen LogP contribution < -0.4 is 4.72 Å². The minimum absolute atomic E-state index is 0.0120. The van der Waals surface area contributed by atoms with Gasteiger partial charge < -0.3 is 0 Å². The van der Waals surface area contributed by atoms with Crippen molar-refractivity contribution in [1.29, 1.82) is 5.26 Å². The summed E-state index contributed by atoms with van der Waals surface area (Å²) in [5, 5.41) is 10.1. The number of nitrogens with zero attached hydrogens (tertiary/aromatic N) is 2. The molecule has 0 saturated carbocycles. The van der Waals surface area contributed by atoms with Crippen LogP contribution in [0.3, 0.4) is 0 Å². The van der Waals surface area contributed by atoms with Crippen molar-refractivity contribution >= 4 is 48.9 Å². The molecule has 0 atom stereocenters. The number of rotatable bonds is 4. The second-order valence-electron chi connectivity index (χ2n) is 5.93. The third-order valence-electron chi connectivity index (χ3n) is 4.02. The van der Waals surface area contributed by atoms with Crippen LogP contribution >= 0.6 is 22.9 Å². The maximum atomic E-state index is 12.6. The zero-order valence-electron chi connectivity index (χ0n) is 14.3. The van der Waals surface area contributed by atoms with E-state index in [1.807, 2.05) is 30.3 Å². The number of nitriles is 1. The Balaban J connectivity index is 1.65. The maximum absolute atomic E-state index is 12.6. The Hall–Kier alpha value is -2.92. The molecule has 0 bridgehead atoms. The number of anilines is 1. The van der Waals surface area contributed by atoms with E-state index in [2.05, 4.69) is 9.71 Å². The van der Waals surface area contributed by atoms with Crippen LogP contribution in [0.1, 0.15) is 5.56 Å². The summed E-state index contributed by atoms with van der Waals surface area (Å²) in [6.07, 6.45) is 0. The quantitative estimate of drug-likeness (QED) is 0.481. The van der Waals surface area contributed by atoms with Gasteiger partial charge >= 0.3 is 0 Å². The van der Waals surface area contributed by atoms with Gasteiger partial charge in [0.05, 0.1) is 37.5 Å². The molecular weight excluding hydrogens is 414 g/mol. The molecule has 1 heterocycles. The van der Waals surface area contributed by atoms with Crippen molar-refractivity contribution in [2.75, 3.05) is 4.72 Å². The average molecular weight is 426 g/mol. The monoisotopic (exact) mass is 425 g/mol. The van der Waals surface area contributed by atoms with Gasteiger partial charge in [0.25, 0.3) is 10.0 Å². The Morgan fingerprint density at radius 1 is 1.04 bits per heavy atom. The summed E-state index contributed by atoms with van der Waals surface area (Å²) >= 11 is 7.92. The molecule has 1 N–H and O–H groups in total. The minimum Gasteiger partial charge on any atom is -0.280 e. The molecule has 8 heteroatoms. The first-order chi connectivity index (χ1) is 13.5. The van der Waals surface area contributed by atoms with E-state index in [-0.39, 0.29) is 10.5 Å². The van der Waals surface area contributed by atoms with Gasteiger partial charge in [-0.3, -0.25) is 4.72 Å². The highest BCUT2D eigenvalue weighted by Gasteiger charge is 2.16. The average Bonchev–Trinajstić information content (AvgIpc) is 3.11. The summed E-state index contributed by atoms with van der Waals surface area (Å²) in [5.41, 5.74) is 2.22. The molecule has 5 nitrogen and oxygen atoms in total. The number of thiazole rings is 1. The topological polar surface area (TPSA) is 82.8 Å². The number of fused-ring (bicyclic) bond motifs is 1. The largest absolute Gasteiger partial charge is 0.280 e. The zero-order chi connectivity index (χ0) is 19.7. The lowest BCUT2D eigenvalue weighted by Gasteiger charge is -2.10. The second kappa shape index (κ2) is 7.24. The van der Waals surface area contributed by atoms with Crippen molar-refractivity contribution in [3.05, 3.63) is 77.3 Å².